The summed E-state index contributed by atoms with van der Waals surface area (Å²) in [4.78, 5) is 23.1. The molecule has 1 aliphatic rings. The standard InChI is InChI=1S/C15H15F3O3/c16-15(17,18)11-6-4-9(5-7-11)13(19)8-10-2-1-3-12(10)14(20)21/h4-7,10,12H,1-3,8H2,(H,20,21)/t10-,12+/m0/s1. The Hall–Kier alpha value is -1.85. The van der Waals surface area contributed by atoms with Gasteiger partial charge in [0.05, 0.1) is 11.5 Å². The number of halogens is 3. The first-order chi connectivity index (χ1) is 9.79. The van der Waals surface area contributed by atoms with Crippen molar-refractivity contribution in [3.63, 3.8) is 0 Å². The smallest absolute Gasteiger partial charge is 0.416 e. The molecule has 0 spiro atoms. The van der Waals surface area contributed by atoms with Gasteiger partial charge in [0.25, 0.3) is 0 Å². The summed E-state index contributed by atoms with van der Waals surface area (Å²) < 4.78 is 37.3. The predicted molar refractivity (Wildman–Crippen MR) is 68.9 cm³/mol. The van der Waals surface area contributed by atoms with Crippen LogP contribution in [0.3, 0.4) is 0 Å². The normalized spacial score (nSPS) is 22.2. The third kappa shape index (κ3) is 3.62. The summed E-state index contributed by atoms with van der Waals surface area (Å²) >= 11 is 0. The van der Waals surface area contributed by atoms with E-state index in [9.17, 15) is 22.8 Å². The summed E-state index contributed by atoms with van der Waals surface area (Å²) in [6, 6.07) is 4.04. The fraction of sp³-hybridized carbons (Fsp3) is 0.467. The molecule has 3 nitrogen and oxygen atoms in total. The fourth-order valence-electron chi connectivity index (χ4n) is 2.81. The number of carboxylic acid groups (broad SMARTS) is 1. The highest BCUT2D eigenvalue weighted by Crippen LogP contribution is 2.35. The Kier molecular flexibility index (Phi) is 4.34. The summed E-state index contributed by atoms with van der Waals surface area (Å²) in [5.41, 5.74) is -0.609. The van der Waals surface area contributed by atoms with Gasteiger partial charge in [-0.15, -0.1) is 0 Å². The number of ketones is 1. The average Bonchev–Trinajstić information content (AvgIpc) is 2.86. The van der Waals surface area contributed by atoms with Crippen LogP contribution < -0.4 is 0 Å². The lowest BCUT2D eigenvalue weighted by Gasteiger charge is -2.15. The first-order valence-corrected chi connectivity index (χ1v) is 6.72. The Morgan fingerprint density at radius 3 is 2.29 bits per heavy atom. The minimum Gasteiger partial charge on any atom is -0.481 e. The highest BCUT2D eigenvalue weighted by Gasteiger charge is 2.34. The van der Waals surface area contributed by atoms with Gasteiger partial charge >= 0.3 is 12.1 Å². The number of carbonyl (C=O) groups excluding carboxylic acids is 1. The summed E-state index contributed by atoms with van der Waals surface area (Å²) in [6.45, 7) is 0. The second-order valence-electron chi connectivity index (χ2n) is 5.34. The molecule has 0 bridgehead atoms. The van der Waals surface area contributed by atoms with E-state index in [1.54, 1.807) is 0 Å². The first-order valence-electron chi connectivity index (χ1n) is 6.72. The van der Waals surface area contributed by atoms with Crippen molar-refractivity contribution in [1.82, 2.24) is 0 Å². The van der Waals surface area contributed by atoms with Gasteiger partial charge in [-0.3, -0.25) is 9.59 Å². The number of rotatable bonds is 4. The second-order valence-corrected chi connectivity index (χ2v) is 5.34. The van der Waals surface area contributed by atoms with E-state index >= 15 is 0 Å². The molecule has 114 valence electrons. The number of carbonyl (C=O) groups is 2. The monoisotopic (exact) mass is 300 g/mol. The zero-order valence-corrected chi connectivity index (χ0v) is 11.2. The topological polar surface area (TPSA) is 54.4 Å². The molecule has 1 N–H and O–H groups in total. The SMILES string of the molecule is O=C(C[C@@H]1CCC[C@H]1C(=O)O)c1ccc(C(F)(F)F)cc1. The number of aliphatic carboxylic acids is 1. The van der Waals surface area contributed by atoms with Crippen molar-refractivity contribution in [2.75, 3.05) is 0 Å². The van der Waals surface area contributed by atoms with Crippen molar-refractivity contribution >= 4 is 11.8 Å². The van der Waals surface area contributed by atoms with Gasteiger partial charge in [-0.05, 0) is 30.9 Å². The van der Waals surface area contributed by atoms with E-state index < -0.39 is 23.6 Å². The van der Waals surface area contributed by atoms with Crippen LogP contribution in [0.4, 0.5) is 13.2 Å². The van der Waals surface area contributed by atoms with Crippen molar-refractivity contribution in [2.24, 2.45) is 11.8 Å². The number of hydrogen-bond donors (Lipinski definition) is 1. The Morgan fingerprint density at radius 1 is 1.14 bits per heavy atom. The zero-order valence-electron chi connectivity index (χ0n) is 11.2. The van der Waals surface area contributed by atoms with Gasteiger partial charge in [0, 0.05) is 12.0 Å². The molecule has 1 aliphatic carbocycles. The lowest BCUT2D eigenvalue weighted by Crippen LogP contribution is -2.21. The zero-order chi connectivity index (χ0) is 15.6. The molecule has 2 atom stereocenters. The fourth-order valence-corrected chi connectivity index (χ4v) is 2.81. The van der Waals surface area contributed by atoms with Crippen LogP contribution in [-0.4, -0.2) is 16.9 Å². The van der Waals surface area contributed by atoms with Crippen molar-refractivity contribution in [3.8, 4) is 0 Å². The molecule has 6 heteroatoms. The van der Waals surface area contributed by atoms with Crippen LogP contribution in [-0.2, 0) is 11.0 Å². The molecule has 0 amide bonds. The molecule has 0 heterocycles. The Labute approximate surface area is 119 Å². The average molecular weight is 300 g/mol. The minimum absolute atomic E-state index is 0.0718. The highest BCUT2D eigenvalue weighted by molar-refractivity contribution is 5.96. The molecule has 1 aromatic carbocycles. The number of hydrogen-bond acceptors (Lipinski definition) is 2. The molecule has 1 saturated carbocycles. The third-order valence-corrected chi connectivity index (χ3v) is 3.96. The van der Waals surface area contributed by atoms with Gasteiger partial charge in [-0.25, -0.2) is 0 Å². The molecule has 0 aliphatic heterocycles. The quantitative estimate of drug-likeness (QED) is 0.861. The molecule has 1 fully saturated rings. The molecule has 0 unspecified atom stereocenters. The summed E-state index contributed by atoms with van der Waals surface area (Å²) in [5.74, 6) is -1.96. The van der Waals surface area contributed by atoms with Crippen molar-refractivity contribution < 1.29 is 27.9 Å². The minimum atomic E-state index is -4.43. The second kappa shape index (κ2) is 5.87. The van der Waals surface area contributed by atoms with E-state index in [0.717, 1.165) is 30.7 Å². The van der Waals surface area contributed by atoms with Crippen molar-refractivity contribution in [3.05, 3.63) is 35.4 Å². The van der Waals surface area contributed by atoms with E-state index in [-0.39, 0.29) is 23.7 Å². The Bertz CT molecular complexity index is 534. The molecular formula is C15H15F3O3. The van der Waals surface area contributed by atoms with Crippen LogP contribution in [0, 0.1) is 11.8 Å². The van der Waals surface area contributed by atoms with E-state index in [4.69, 9.17) is 5.11 Å². The van der Waals surface area contributed by atoms with Crippen molar-refractivity contribution in [1.29, 1.82) is 0 Å². The van der Waals surface area contributed by atoms with Crippen LogP contribution in [0.2, 0.25) is 0 Å². The molecule has 1 aromatic rings. The van der Waals surface area contributed by atoms with Crippen LogP contribution >= 0.6 is 0 Å². The molecule has 0 radical (unpaired) electrons. The maximum Gasteiger partial charge on any atom is 0.416 e. The molecule has 2 rings (SSSR count). The summed E-state index contributed by atoms with van der Waals surface area (Å²) in [5, 5.41) is 9.06. The number of carboxylic acids is 1. The van der Waals surface area contributed by atoms with Crippen LogP contribution in [0.1, 0.15) is 41.6 Å². The third-order valence-electron chi connectivity index (χ3n) is 3.96. The summed E-state index contributed by atoms with van der Waals surface area (Å²) in [6.07, 6.45) is -2.37. The Morgan fingerprint density at radius 2 is 1.76 bits per heavy atom. The van der Waals surface area contributed by atoms with E-state index in [1.807, 2.05) is 0 Å². The first kappa shape index (κ1) is 15.5. The van der Waals surface area contributed by atoms with Gasteiger partial charge in [0.1, 0.15) is 0 Å². The van der Waals surface area contributed by atoms with Crippen LogP contribution in [0.25, 0.3) is 0 Å². The molecule has 0 saturated heterocycles. The van der Waals surface area contributed by atoms with Gasteiger partial charge < -0.3 is 5.11 Å². The van der Waals surface area contributed by atoms with E-state index in [2.05, 4.69) is 0 Å². The lowest BCUT2D eigenvalue weighted by molar-refractivity contribution is -0.143. The molecular weight excluding hydrogens is 285 g/mol. The van der Waals surface area contributed by atoms with Gasteiger partial charge in [-0.2, -0.15) is 13.2 Å². The Balaban J connectivity index is 2.05. The number of benzene rings is 1. The maximum absolute atomic E-state index is 12.4. The number of alkyl halides is 3. The van der Waals surface area contributed by atoms with E-state index in [0.29, 0.717) is 12.8 Å². The van der Waals surface area contributed by atoms with E-state index in [1.165, 1.54) is 0 Å². The lowest BCUT2D eigenvalue weighted by atomic mass is 9.89. The van der Waals surface area contributed by atoms with Crippen LogP contribution in [0.5, 0.6) is 0 Å². The molecule has 0 aromatic heterocycles. The largest absolute Gasteiger partial charge is 0.481 e. The highest BCUT2D eigenvalue weighted by atomic mass is 19.4. The number of Topliss-reactive ketones (excluding diaryl/α,β-unsaturated/α-hetero) is 1. The van der Waals surface area contributed by atoms with Gasteiger partial charge in [0.15, 0.2) is 5.78 Å². The van der Waals surface area contributed by atoms with Crippen molar-refractivity contribution in [2.45, 2.75) is 31.9 Å². The maximum atomic E-state index is 12.4. The van der Waals surface area contributed by atoms with Gasteiger partial charge in [0.2, 0.25) is 0 Å². The molecule has 21 heavy (non-hydrogen) atoms. The van der Waals surface area contributed by atoms with Gasteiger partial charge in [-0.1, -0.05) is 18.6 Å². The summed E-state index contributed by atoms with van der Waals surface area (Å²) in [7, 11) is 0. The van der Waals surface area contributed by atoms with Crippen LogP contribution in [0.15, 0.2) is 24.3 Å². The predicted octanol–water partition coefficient (Wildman–Crippen LogP) is 3.78.